The quantitative estimate of drug-likeness (QED) is 0.619. The third kappa shape index (κ3) is 5.56. The predicted octanol–water partition coefficient (Wildman–Crippen LogP) is 3.85. The molecule has 1 fully saturated rings. The van der Waals surface area contributed by atoms with Crippen LogP contribution >= 0.6 is 11.6 Å². The van der Waals surface area contributed by atoms with E-state index in [9.17, 15) is 4.79 Å². The molecular weight excluding hydrogens is 288 g/mol. The molecule has 0 aromatic heterocycles. The van der Waals surface area contributed by atoms with Crippen molar-refractivity contribution < 1.29 is 9.53 Å². The smallest absolute Gasteiger partial charge is 0.226 e. The number of benzene rings is 1. The molecule has 2 rings (SSSR count). The summed E-state index contributed by atoms with van der Waals surface area (Å²) in [6, 6.07) is 5.02. The van der Waals surface area contributed by atoms with Crippen molar-refractivity contribution in [3.05, 3.63) is 23.2 Å². The van der Waals surface area contributed by atoms with E-state index in [1.807, 2.05) is 0 Å². The molecule has 0 bridgehead atoms. The van der Waals surface area contributed by atoms with E-state index in [2.05, 4.69) is 5.32 Å². The molecule has 1 amide bonds. The Morgan fingerprint density at radius 2 is 2.10 bits per heavy atom. The molecule has 0 spiro atoms. The Balaban J connectivity index is 1.66. The number of nitrogens with one attached hydrogen (secondary N) is 1. The van der Waals surface area contributed by atoms with Gasteiger partial charge in [-0.1, -0.05) is 30.9 Å². The van der Waals surface area contributed by atoms with Crippen LogP contribution in [0, 0.1) is 5.92 Å². The molecule has 116 valence electrons. The second kappa shape index (κ2) is 8.25. The zero-order valence-electron chi connectivity index (χ0n) is 12.2. The van der Waals surface area contributed by atoms with Crippen LogP contribution < -0.4 is 11.1 Å². The van der Waals surface area contributed by atoms with Crippen molar-refractivity contribution >= 4 is 28.9 Å². The lowest BCUT2D eigenvalue weighted by Gasteiger charge is -2.21. The topological polar surface area (TPSA) is 64.3 Å². The molecule has 1 saturated carbocycles. The predicted molar refractivity (Wildman–Crippen MR) is 86.5 cm³/mol. The highest BCUT2D eigenvalue weighted by atomic mass is 35.5. The number of hydrogen-bond donors (Lipinski definition) is 2. The summed E-state index contributed by atoms with van der Waals surface area (Å²) in [4.78, 5) is 11.8. The van der Waals surface area contributed by atoms with Gasteiger partial charge in [0.05, 0.1) is 24.4 Å². The van der Waals surface area contributed by atoms with E-state index in [1.165, 1.54) is 32.1 Å². The van der Waals surface area contributed by atoms with Crippen molar-refractivity contribution in [3.63, 3.8) is 0 Å². The van der Waals surface area contributed by atoms with Crippen molar-refractivity contribution in [2.75, 3.05) is 24.3 Å². The number of hydrogen-bond acceptors (Lipinski definition) is 3. The summed E-state index contributed by atoms with van der Waals surface area (Å²) < 4.78 is 5.62. The van der Waals surface area contributed by atoms with Crippen molar-refractivity contribution in [1.29, 1.82) is 0 Å². The lowest BCUT2D eigenvalue weighted by atomic mass is 9.90. The van der Waals surface area contributed by atoms with Crippen LogP contribution in [0.1, 0.15) is 38.5 Å². The lowest BCUT2D eigenvalue weighted by Crippen LogP contribution is -2.18. The Labute approximate surface area is 131 Å². The Morgan fingerprint density at radius 3 is 2.86 bits per heavy atom. The second-order valence-electron chi connectivity index (χ2n) is 5.61. The fraction of sp³-hybridized carbons (Fsp3) is 0.562. The maximum absolute atomic E-state index is 11.8. The summed E-state index contributed by atoms with van der Waals surface area (Å²) in [7, 11) is 0. The first-order valence-electron chi connectivity index (χ1n) is 7.58. The number of rotatable bonds is 6. The molecule has 0 heterocycles. The van der Waals surface area contributed by atoms with Gasteiger partial charge in [0.25, 0.3) is 0 Å². The molecule has 1 aliphatic rings. The van der Waals surface area contributed by atoms with Crippen LogP contribution in [0.4, 0.5) is 11.4 Å². The van der Waals surface area contributed by atoms with Gasteiger partial charge in [-0.2, -0.15) is 0 Å². The molecule has 4 nitrogen and oxygen atoms in total. The van der Waals surface area contributed by atoms with E-state index in [0.717, 1.165) is 6.61 Å². The highest BCUT2D eigenvalue weighted by Crippen LogP contribution is 2.24. The summed E-state index contributed by atoms with van der Waals surface area (Å²) in [6.07, 6.45) is 6.81. The molecular formula is C16H23ClN2O2. The average Bonchev–Trinajstić information content (AvgIpc) is 2.48. The Hall–Kier alpha value is -1.26. The van der Waals surface area contributed by atoms with Gasteiger partial charge in [-0.3, -0.25) is 4.79 Å². The monoisotopic (exact) mass is 310 g/mol. The molecule has 1 aromatic rings. The average molecular weight is 311 g/mol. The Morgan fingerprint density at radius 1 is 1.33 bits per heavy atom. The number of nitrogen functional groups attached to an aromatic ring is 1. The minimum Gasteiger partial charge on any atom is -0.397 e. The summed E-state index contributed by atoms with van der Waals surface area (Å²) in [5.41, 5.74) is 6.85. The Kier molecular flexibility index (Phi) is 6.33. The summed E-state index contributed by atoms with van der Waals surface area (Å²) in [5, 5.41) is 3.31. The first kappa shape index (κ1) is 16.1. The van der Waals surface area contributed by atoms with Crippen LogP contribution in [0.5, 0.6) is 0 Å². The van der Waals surface area contributed by atoms with E-state index in [0.29, 0.717) is 35.3 Å². The van der Waals surface area contributed by atoms with Gasteiger partial charge < -0.3 is 15.8 Å². The van der Waals surface area contributed by atoms with Gasteiger partial charge in [0.15, 0.2) is 0 Å². The lowest BCUT2D eigenvalue weighted by molar-refractivity contribution is -0.117. The van der Waals surface area contributed by atoms with Gasteiger partial charge in [-0.25, -0.2) is 0 Å². The molecule has 0 unspecified atom stereocenters. The number of ether oxygens (including phenoxy) is 1. The van der Waals surface area contributed by atoms with Crippen molar-refractivity contribution in [1.82, 2.24) is 0 Å². The van der Waals surface area contributed by atoms with Crippen LogP contribution in [0.15, 0.2) is 18.2 Å². The largest absolute Gasteiger partial charge is 0.397 e. The molecule has 0 saturated heterocycles. The maximum atomic E-state index is 11.8. The highest BCUT2D eigenvalue weighted by molar-refractivity contribution is 6.31. The normalized spacial score (nSPS) is 15.9. The van der Waals surface area contributed by atoms with Crippen molar-refractivity contribution in [2.45, 2.75) is 38.5 Å². The number of carbonyl (C=O) groups excluding carboxylic acids is 1. The van der Waals surface area contributed by atoms with E-state index in [-0.39, 0.29) is 5.91 Å². The summed E-state index contributed by atoms with van der Waals surface area (Å²) in [5.74, 6) is 0.568. The number of halogens is 1. The molecule has 3 N–H and O–H groups in total. The molecule has 0 atom stereocenters. The molecule has 0 radical (unpaired) electrons. The van der Waals surface area contributed by atoms with Gasteiger partial charge >= 0.3 is 0 Å². The Bertz CT molecular complexity index is 473. The minimum atomic E-state index is -0.104. The zero-order chi connectivity index (χ0) is 15.1. The van der Waals surface area contributed by atoms with Crippen LogP contribution in [0.25, 0.3) is 0 Å². The van der Waals surface area contributed by atoms with Crippen molar-refractivity contribution in [2.24, 2.45) is 5.92 Å². The first-order chi connectivity index (χ1) is 10.1. The fourth-order valence-electron chi connectivity index (χ4n) is 2.62. The SMILES string of the molecule is Nc1ccc(Cl)cc1NC(=O)CCOCC1CCCCC1. The number of nitrogens with two attached hydrogens (primary N) is 1. The molecule has 5 heteroatoms. The van der Waals surface area contributed by atoms with E-state index < -0.39 is 0 Å². The second-order valence-corrected chi connectivity index (χ2v) is 6.05. The standard InChI is InChI=1S/C16H23ClN2O2/c17-13-6-7-14(18)15(10-13)19-16(20)8-9-21-11-12-4-2-1-3-5-12/h6-7,10,12H,1-5,8-9,11,18H2,(H,19,20). The number of carbonyl (C=O) groups is 1. The van der Waals surface area contributed by atoms with Gasteiger partial charge in [0.1, 0.15) is 0 Å². The molecule has 1 aliphatic carbocycles. The summed E-state index contributed by atoms with van der Waals surface area (Å²) >= 11 is 5.88. The molecule has 1 aromatic carbocycles. The van der Waals surface area contributed by atoms with Crippen LogP contribution in [-0.4, -0.2) is 19.1 Å². The third-order valence-electron chi connectivity index (χ3n) is 3.84. The number of amides is 1. The highest BCUT2D eigenvalue weighted by Gasteiger charge is 2.13. The third-order valence-corrected chi connectivity index (χ3v) is 4.08. The van der Waals surface area contributed by atoms with E-state index >= 15 is 0 Å². The van der Waals surface area contributed by atoms with Gasteiger partial charge in [0, 0.05) is 11.6 Å². The van der Waals surface area contributed by atoms with Crippen LogP contribution in [0.2, 0.25) is 5.02 Å². The first-order valence-corrected chi connectivity index (χ1v) is 7.95. The minimum absolute atomic E-state index is 0.104. The summed E-state index contributed by atoms with van der Waals surface area (Å²) in [6.45, 7) is 1.22. The fourth-order valence-corrected chi connectivity index (χ4v) is 2.79. The molecule has 0 aliphatic heterocycles. The van der Waals surface area contributed by atoms with E-state index in [1.54, 1.807) is 18.2 Å². The molecule has 21 heavy (non-hydrogen) atoms. The number of anilines is 2. The van der Waals surface area contributed by atoms with Gasteiger partial charge in [-0.05, 0) is 37.0 Å². The van der Waals surface area contributed by atoms with Gasteiger partial charge in [-0.15, -0.1) is 0 Å². The maximum Gasteiger partial charge on any atom is 0.226 e. The zero-order valence-corrected chi connectivity index (χ0v) is 13.0. The van der Waals surface area contributed by atoms with E-state index in [4.69, 9.17) is 22.1 Å². The van der Waals surface area contributed by atoms with Crippen molar-refractivity contribution in [3.8, 4) is 0 Å². The van der Waals surface area contributed by atoms with Gasteiger partial charge in [0.2, 0.25) is 5.91 Å². The van der Waals surface area contributed by atoms with Crippen LogP contribution in [0.3, 0.4) is 0 Å². The van der Waals surface area contributed by atoms with Crippen LogP contribution in [-0.2, 0) is 9.53 Å².